The molecule has 32 heavy (non-hydrogen) atoms. The Balaban J connectivity index is 1.72. The molecule has 1 aliphatic carbocycles. The Morgan fingerprint density at radius 1 is 1.12 bits per heavy atom. The van der Waals surface area contributed by atoms with Crippen LogP contribution in [0.15, 0.2) is 34.3 Å². The first-order valence-corrected chi connectivity index (χ1v) is 10.5. The molecule has 1 saturated carbocycles. The van der Waals surface area contributed by atoms with Gasteiger partial charge in [-0.2, -0.15) is 4.39 Å². The third-order valence-electron chi connectivity index (χ3n) is 7.09. The summed E-state index contributed by atoms with van der Waals surface area (Å²) in [7, 11) is 1.73. The van der Waals surface area contributed by atoms with Gasteiger partial charge in [-0.1, -0.05) is 0 Å². The van der Waals surface area contributed by atoms with Crippen molar-refractivity contribution in [2.75, 3.05) is 13.2 Å². The van der Waals surface area contributed by atoms with Gasteiger partial charge >= 0.3 is 5.69 Å². The van der Waals surface area contributed by atoms with Gasteiger partial charge in [0.25, 0.3) is 0 Å². The third kappa shape index (κ3) is 2.08. The van der Waals surface area contributed by atoms with Crippen LogP contribution in [0.4, 0.5) is 8.78 Å². The lowest BCUT2D eigenvalue weighted by atomic mass is 9.77. The summed E-state index contributed by atoms with van der Waals surface area (Å²) in [6, 6.07) is 2.68. The number of benzene rings is 1. The molecule has 0 unspecified atom stereocenters. The van der Waals surface area contributed by atoms with E-state index in [4.69, 9.17) is 4.74 Å². The van der Waals surface area contributed by atoms with Gasteiger partial charge in [0, 0.05) is 18.8 Å². The fourth-order valence-corrected chi connectivity index (χ4v) is 5.22. The minimum Gasteiger partial charge on any atom is -0.490 e. The van der Waals surface area contributed by atoms with Crippen molar-refractivity contribution in [1.82, 2.24) is 19.1 Å². The number of nitrogens with zero attached hydrogens (tertiary/aromatic N) is 5. The topological polar surface area (TPSA) is 74.3 Å². The van der Waals surface area contributed by atoms with E-state index >= 15 is 4.39 Å². The number of rotatable bonds is 2. The molecule has 7 nitrogen and oxygen atoms in total. The number of imidazole rings is 1. The first kappa shape index (κ1) is 18.0. The molecule has 4 aromatic rings. The van der Waals surface area contributed by atoms with Crippen molar-refractivity contribution in [2.45, 2.75) is 24.8 Å². The van der Waals surface area contributed by atoms with Gasteiger partial charge in [-0.15, -0.1) is 0 Å². The average molecular weight is 433 g/mol. The van der Waals surface area contributed by atoms with Gasteiger partial charge in [-0.25, -0.2) is 14.2 Å². The quantitative estimate of drug-likeness (QED) is 0.455. The lowest BCUT2D eigenvalue weighted by Crippen LogP contribution is -2.50. The zero-order valence-electron chi connectivity index (χ0n) is 17.2. The molecule has 2 aliphatic heterocycles. The number of hydrogen-bond acceptors (Lipinski definition) is 5. The number of aromatic nitrogens is 4. The molecular formula is C23H17F2N5O2. The monoisotopic (exact) mass is 433 g/mol. The van der Waals surface area contributed by atoms with Crippen LogP contribution in [0.5, 0.6) is 5.75 Å². The highest BCUT2D eigenvalue weighted by molar-refractivity contribution is 6.22. The van der Waals surface area contributed by atoms with Crippen LogP contribution in [0.3, 0.4) is 0 Å². The van der Waals surface area contributed by atoms with Crippen LogP contribution in [0, 0.1) is 11.8 Å². The maximum atomic E-state index is 16.1. The van der Waals surface area contributed by atoms with Crippen LogP contribution in [0.25, 0.3) is 33.1 Å². The molecule has 3 aliphatic rings. The summed E-state index contributed by atoms with van der Waals surface area (Å²) >= 11 is 0. The molecule has 5 heterocycles. The second-order valence-electron chi connectivity index (χ2n) is 8.78. The fourth-order valence-electron chi connectivity index (χ4n) is 5.22. The van der Waals surface area contributed by atoms with Crippen molar-refractivity contribution in [3.8, 4) is 16.9 Å². The van der Waals surface area contributed by atoms with E-state index in [-0.39, 0.29) is 17.9 Å². The number of aryl methyl sites for hydroxylation is 1. The SMILES string of the molecule is Cn1c(=O)n2c3c4c(c(-c5ccc(F)nc5)c(F)c(C5=NC5)c4ncc31)OCC21CCC1. The van der Waals surface area contributed by atoms with E-state index < -0.39 is 17.3 Å². The highest BCUT2D eigenvalue weighted by Crippen LogP contribution is 2.50. The number of fused-ring (bicyclic) bond motifs is 1. The lowest BCUT2D eigenvalue weighted by Gasteiger charge is -2.41. The van der Waals surface area contributed by atoms with Crippen molar-refractivity contribution in [2.24, 2.45) is 12.0 Å². The minimum absolute atomic E-state index is 0.134. The Hall–Kier alpha value is -3.62. The van der Waals surface area contributed by atoms with Crippen LogP contribution >= 0.6 is 0 Å². The summed E-state index contributed by atoms with van der Waals surface area (Å²) in [5, 5.41) is 0.592. The Labute approximate surface area is 180 Å². The van der Waals surface area contributed by atoms with Gasteiger partial charge in [-0.3, -0.25) is 19.1 Å². The van der Waals surface area contributed by atoms with E-state index in [0.717, 1.165) is 19.3 Å². The van der Waals surface area contributed by atoms with Crippen LogP contribution in [0.1, 0.15) is 24.8 Å². The Morgan fingerprint density at radius 3 is 2.59 bits per heavy atom. The maximum Gasteiger partial charge on any atom is 0.329 e. The van der Waals surface area contributed by atoms with Crippen molar-refractivity contribution in [3.05, 3.63) is 52.3 Å². The number of hydrogen-bond donors (Lipinski definition) is 0. The van der Waals surface area contributed by atoms with E-state index in [9.17, 15) is 9.18 Å². The molecule has 160 valence electrons. The van der Waals surface area contributed by atoms with Crippen molar-refractivity contribution in [3.63, 3.8) is 0 Å². The first-order chi connectivity index (χ1) is 15.5. The van der Waals surface area contributed by atoms with E-state index in [1.54, 1.807) is 17.8 Å². The maximum absolute atomic E-state index is 16.1. The average Bonchev–Trinajstić information content (AvgIpc) is 3.57. The van der Waals surface area contributed by atoms with Gasteiger partial charge in [0.2, 0.25) is 5.95 Å². The molecular weight excluding hydrogens is 416 g/mol. The molecule has 0 N–H and O–H groups in total. The predicted molar refractivity (Wildman–Crippen MR) is 114 cm³/mol. The van der Waals surface area contributed by atoms with Crippen LogP contribution in [-0.4, -0.2) is 38.0 Å². The normalized spacial score (nSPS) is 18.0. The predicted octanol–water partition coefficient (Wildman–Crippen LogP) is 3.30. The Morgan fingerprint density at radius 2 is 1.94 bits per heavy atom. The second-order valence-corrected chi connectivity index (χ2v) is 8.78. The summed E-state index contributed by atoms with van der Waals surface area (Å²) in [5.74, 6) is -0.849. The molecule has 0 bridgehead atoms. The molecule has 9 heteroatoms. The zero-order valence-corrected chi connectivity index (χ0v) is 17.2. The number of halogens is 2. The summed E-state index contributed by atoms with van der Waals surface area (Å²) < 4.78 is 39.3. The lowest BCUT2D eigenvalue weighted by molar-refractivity contribution is 0.0719. The first-order valence-electron chi connectivity index (χ1n) is 10.5. The Kier molecular flexibility index (Phi) is 3.26. The van der Waals surface area contributed by atoms with Crippen molar-refractivity contribution in [1.29, 1.82) is 0 Å². The second kappa shape index (κ2) is 5.79. The molecule has 3 aromatic heterocycles. The van der Waals surface area contributed by atoms with Gasteiger partial charge in [0.1, 0.15) is 18.2 Å². The zero-order chi connectivity index (χ0) is 21.8. The molecule has 0 saturated heterocycles. The van der Waals surface area contributed by atoms with Crippen LogP contribution in [0.2, 0.25) is 0 Å². The van der Waals surface area contributed by atoms with Crippen LogP contribution in [-0.2, 0) is 12.6 Å². The number of pyridine rings is 2. The summed E-state index contributed by atoms with van der Waals surface area (Å²) in [5.41, 5.74) is 2.70. The smallest absolute Gasteiger partial charge is 0.329 e. The van der Waals surface area contributed by atoms with Crippen molar-refractivity contribution >= 4 is 27.6 Å². The van der Waals surface area contributed by atoms with Crippen LogP contribution < -0.4 is 10.4 Å². The largest absolute Gasteiger partial charge is 0.490 e. The molecule has 0 amide bonds. The summed E-state index contributed by atoms with van der Waals surface area (Å²) in [4.78, 5) is 25.9. The van der Waals surface area contributed by atoms with E-state index in [2.05, 4.69) is 15.0 Å². The molecule has 1 spiro atoms. The van der Waals surface area contributed by atoms with Gasteiger partial charge in [-0.05, 0) is 31.4 Å². The van der Waals surface area contributed by atoms with Gasteiger partial charge in [0.05, 0.1) is 57.1 Å². The third-order valence-corrected chi connectivity index (χ3v) is 7.09. The molecule has 1 fully saturated rings. The number of ether oxygens (including phenoxy) is 1. The molecule has 0 atom stereocenters. The van der Waals surface area contributed by atoms with Gasteiger partial charge < -0.3 is 4.74 Å². The molecule has 7 rings (SSSR count). The Bertz CT molecular complexity index is 1580. The minimum atomic E-state index is -0.650. The van der Waals surface area contributed by atoms with E-state index in [1.165, 1.54) is 18.3 Å². The summed E-state index contributed by atoms with van der Waals surface area (Å²) in [6.07, 6.45) is 5.52. The highest BCUT2D eigenvalue weighted by atomic mass is 19.1. The highest BCUT2D eigenvalue weighted by Gasteiger charge is 2.45. The number of aliphatic imine (C=N–C) groups is 1. The van der Waals surface area contributed by atoms with E-state index in [1.807, 2.05) is 4.57 Å². The van der Waals surface area contributed by atoms with Crippen molar-refractivity contribution < 1.29 is 13.5 Å². The standard InChI is InChI=1S/C23H17F2N5O2/c1-29-13-9-28-19-16(12-8-26-12)18(25)15(11-3-4-14(24)27-7-11)21-17(19)20(13)30(22(29)31)23(10-32-21)5-2-6-23/h3-4,7,9H,2,5-6,8,10H2,1H3. The fraction of sp³-hybridized carbons (Fsp3) is 0.304. The summed E-state index contributed by atoms with van der Waals surface area (Å²) in [6.45, 7) is 0.676. The molecule has 1 aromatic carbocycles. The van der Waals surface area contributed by atoms with E-state index in [0.29, 0.717) is 51.1 Å². The molecule has 0 radical (unpaired) electrons. The van der Waals surface area contributed by atoms with Gasteiger partial charge in [0.15, 0.2) is 0 Å².